The second kappa shape index (κ2) is 7.79. The summed E-state index contributed by atoms with van der Waals surface area (Å²) >= 11 is 0. The summed E-state index contributed by atoms with van der Waals surface area (Å²) in [7, 11) is 4.95. The Morgan fingerprint density at radius 3 is 2.16 bits per heavy atom. The predicted molar refractivity (Wildman–Crippen MR) is 99.7 cm³/mol. The summed E-state index contributed by atoms with van der Waals surface area (Å²) in [5, 5.41) is 0. The summed E-state index contributed by atoms with van der Waals surface area (Å²) in [6, 6.07) is 13.5. The second-order valence-electron chi connectivity index (χ2n) is 6.57. The zero-order valence-corrected chi connectivity index (χ0v) is 15.5. The molecule has 1 unspecified atom stereocenters. The number of hydrogen-bond donors (Lipinski definition) is 0. The van der Waals surface area contributed by atoms with Crippen LogP contribution in [-0.2, 0) is 6.54 Å². The van der Waals surface area contributed by atoms with E-state index in [0.29, 0.717) is 23.3 Å². The largest absolute Gasteiger partial charge is 0.493 e. The first-order valence-corrected chi connectivity index (χ1v) is 8.75. The highest BCUT2D eigenvalue weighted by molar-refractivity contribution is 5.53. The fourth-order valence-electron chi connectivity index (χ4n) is 3.64. The molecule has 1 saturated heterocycles. The molecule has 2 aromatic rings. The molecule has 0 N–H and O–H groups in total. The summed E-state index contributed by atoms with van der Waals surface area (Å²) in [6.45, 7) is 4.11. The quantitative estimate of drug-likeness (QED) is 0.781. The van der Waals surface area contributed by atoms with Gasteiger partial charge in [-0.3, -0.25) is 4.90 Å². The minimum atomic E-state index is 0.472. The van der Waals surface area contributed by atoms with Crippen LogP contribution in [0.3, 0.4) is 0 Å². The summed E-state index contributed by atoms with van der Waals surface area (Å²) < 4.78 is 16.4. The Balaban J connectivity index is 1.84. The van der Waals surface area contributed by atoms with Gasteiger partial charge in [0.05, 0.1) is 21.3 Å². The zero-order chi connectivity index (χ0) is 17.8. The Morgan fingerprint density at radius 2 is 1.60 bits per heavy atom. The van der Waals surface area contributed by atoms with E-state index in [2.05, 4.69) is 36.1 Å². The van der Waals surface area contributed by atoms with E-state index >= 15 is 0 Å². The molecule has 25 heavy (non-hydrogen) atoms. The lowest BCUT2D eigenvalue weighted by Gasteiger charge is -2.25. The van der Waals surface area contributed by atoms with Crippen LogP contribution in [0.1, 0.15) is 35.6 Å². The molecule has 0 bridgehead atoms. The van der Waals surface area contributed by atoms with Crippen LogP contribution in [-0.4, -0.2) is 32.8 Å². The Bertz CT molecular complexity index is 687. The minimum Gasteiger partial charge on any atom is -0.493 e. The number of likely N-dealkylation sites (tertiary alicyclic amines) is 1. The molecule has 1 aliphatic rings. The van der Waals surface area contributed by atoms with Gasteiger partial charge in [-0.2, -0.15) is 0 Å². The van der Waals surface area contributed by atoms with Crippen LogP contribution in [0.25, 0.3) is 0 Å². The molecular formula is C21H27NO3. The third-order valence-electron chi connectivity index (χ3n) is 4.94. The van der Waals surface area contributed by atoms with Gasteiger partial charge in [0, 0.05) is 12.6 Å². The fraction of sp³-hybridized carbons (Fsp3) is 0.429. The standard InChI is InChI=1S/C21H27NO3/c1-15-7-9-17(10-8-15)18-6-5-11-22(18)14-16-12-19(23-2)21(25-4)20(13-16)24-3/h7-10,12-13,18H,5-6,11,14H2,1-4H3. The highest BCUT2D eigenvalue weighted by atomic mass is 16.5. The number of rotatable bonds is 6. The fourth-order valence-corrected chi connectivity index (χ4v) is 3.64. The van der Waals surface area contributed by atoms with Crippen molar-refractivity contribution >= 4 is 0 Å². The van der Waals surface area contributed by atoms with E-state index in [-0.39, 0.29) is 0 Å². The number of ether oxygens (including phenoxy) is 3. The summed E-state index contributed by atoms with van der Waals surface area (Å²) in [5.74, 6) is 2.07. The summed E-state index contributed by atoms with van der Waals surface area (Å²) in [6.07, 6.45) is 2.43. The van der Waals surface area contributed by atoms with Gasteiger partial charge in [0.2, 0.25) is 5.75 Å². The average Bonchev–Trinajstić information content (AvgIpc) is 3.09. The van der Waals surface area contributed by atoms with Gasteiger partial charge in [-0.1, -0.05) is 29.8 Å². The van der Waals surface area contributed by atoms with Crippen molar-refractivity contribution in [1.82, 2.24) is 4.90 Å². The number of aryl methyl sites for hydroxylation is 1. The molecule has 0 saturated carbocycles. The van der Waals surface area contributed by atoms with Crippen LogP contribution in [0.15, 0.2) is 36.4 Å². The van der Waals surface area contributed by atoms with Crippen LogP contribution in [0.4, 0.5) is 0 Å². The minimum absolute atomic E-state index is 0.472. The molecule has 4 nitrogen and oxygen atoms in total. The third-order valence-corrected chi connectivity index (χ3v) is 4.94. The maximum absolute atomic E-state index is 5.48. The molecule has 0 aromatic heterocycles. The number of benzene rings is 2. The van der Waals surface area contributed by atoms with Gasteiger partial charge < -0.3 is 14.2 Å². The van der Waals surface area contributed by atoms with Crippen molar-refractivity contribution in [2.45, 2.75) is 32.4 Å². The van der Waals surface area contributed by atoms with Crippen molar-refractivity contribution in [2.24, 2.45) is 0 Å². The first-order valence-electron chi connectivity index (χ1n) is 8.75. The van der Waals surface area contributed by atoms with E-state index < -0.39 is 0 Å². The molecule has 1 heterocycles. The Labute approximate surface area is 150 Å². The molecule has 3 rings (SSSR count). The molecule has 4 heteroatoms. The topological polar surface area (TPSA) is 30.9 Å². The molecule has 0 radical (unpaired) electrons. The number of nitrogens with zero attached hydrogens (tertiary/aromatic N) is 1. The first-order chi connectivity index (χ1) is 12.2. The summed E-state index contributed by atoms with van der Waals surface area (Å²) in [4.78, 5) is 2.53. The maximum atomic E-state index is 5.48. The van der Waals surface area contributed by atoms with Crippen LogP contribution < -0.4 is 14.2 Å². The molecule has 134 valence electrons. The van der Waals surface area contributed by atoms with Crippen molar-refractivity contribution in [3.8, 4) is 17.2 Å². The maximum Gasteiger partial charge on any atom is 0.203 e. The lowest BCUT2D eigenvalue weighted by atomic mass is 10.0. The van der Waals surface area contributed by atoms with Crippen molar-refractivity contribution in [1.29, 1.82) is 0 Å². The van der Waals surface area contributed by atoms with Crippen molar-refractivity contribution in [3.05, 3.63) is 53.1 Å². The monoisotopic (exact) mass is 341 g/mol. The Morgan fingerprint density at radius 1 is 0.960 bits per heavy atom. The third kappa shape index (κ3) is 3.74. The molecule has 2 aromatic carbocycles. The Hall–Kier alpha value is -2.20. The zero-order valence-electron chi connectivity index (χ0n) is 15.5. The first kappa shape index (κ1) is 17.6. The van der Waals surface area contributed by atoms with E-state index in [1.165, 1.54) is 29.5 Å². The molecule has 0 amide bonds. The molecule has 1 aliphatic heterocycles. The normalized spacial score (nSPS) is 17.5. The van der Waals surface area contributed by atoms with Crippen molar-refractivity contribution < 1.29 is 14.2 Å². The van der Waals surface area contributed by atoms with Crippen LogP contribution in [0, 0.1) is 6.92 Å². The highest BCUT2D eigenvalue weighted by Crippen LogP contribution is 2.40. The second-order valence-corrected chi connectivity index (χ2v) is 6.57. The lowest BCUT2D eigenvalue weighted by Crippen LogP contribution is -2.22. The number of methoxy groups -OCH3 is 3. The number of hydrogen-bond acceptors (Lipinski definition) is 4. The van der Waals surface area contributed by atoms with Crippen molar-refractivity contribution in [3.63, 3.8) is 0 Å². The molecule has 1 atom stereocenters. The van der Waals surface area contributed by atoms with Crippen LogP contribution in [0.5, 0.6) is 17.2 Å². The van der Waals surface area contributed by atoms with E-state index in [4.69, 9.17) is 14.2 Å². The highest BCUT2D eigenvalue weighted by Gasteiger charge is 2.26. The van der Waals surface area contributed by atoms with Crippen molar-refractivity contribution in [2.75, 3.05) is 27.9 Å². The van der Waals surface area contributed by atoms with E-state index in [0.717, 1.165) is 13.1 Å². The van der Waals surface area contributed by atoms with Gasteiger partial charge in [-0.25, -0.2) is 0 Å². The molecular weight excluding hydrogens is 314 g/mol. The van der Waals surface area contributed by atoms with E-state index in [1.807, 2.05) is 12.1 Å². The molecule has 0 spiro atoms. The van der Waals surface area contributed by atoms with Crippen LogP contribution in [0.2, 0.25) is 0 Å². The average molecular weight is 341 g/mol. The van der Waals surface area contributed by atoms with Gasteiger partial charge in [-0.05, 0) is 49.6 Å². The lowest BCUT2D eigenvalue weighted by molar-refractivity contribution is 0.247. The van der Waals surface area contributed by atoms with Gasteiger partial charge in [0.25, 0.3) is 0 Å². The van der Waals surface area contributed by atoms with E-state index in [9.17, 15) is 0 Å². The van der Waals surface area contributed by atoms with Gasteiger partial charge in [0.1, 0.15) is 0 Å². The SMILES string of the molecule is COc1cc(CN2CCCC2c2ccc(C)cc2)cc(OC)c1OC. The van der Waals surface area contributed by atoms with Crippen LogP contribution >= 0.6 is 0 Å². The summed E-state index contributed by atoms with van der Waals surface area (Å²) in [5.41, 5.74) is 3.88. The smallest absolute Gasteiger partial charge is 0.203 e. The van der Waals surface area contributed by atoms with Gasteiger partial charge in [-0.15, -0.1) is 0 Å². The predicted octanol–water partition coefficient (Wildman–Crippen LogP) is 4.36. The van der Waals surface area contributed by atoms with Gasteiger partial charge >= 0.3 is 0 Å². The van der Waals surface area contributed by atoms with Gasteiger partial charge in [0.15, 0.2) is 11.5 Å². The Kier molecular flexibility index (Phi) is 5.49. The molecule has 0 aliphatic carbocycles. The molecule has 1 fully saturated rings. The van der Waals surface area contributed by atoms with E-state index in [1.54, 1.807) is 21.3 Å².